The first-order chi connectivity index (χ1) is 10.8. The van der Waals surface area contributed by atoms with Crippen LogP contribution in [0.3, 0.4) is 0 Å². The molecule has 0 bridgehead atoms. The predicted molar refractivity (Wildman–Crippen MR) is 105 cm³/mol. The van der Waals surface area contributed by atoms with Gasteiger partial charge in [-0.15, -0.1) is 45.8 Å². The molecule has 0 aliphatic heterocycles. The first-order valence-electron chi connectivity index (χ1n) is 7.19. The molecule has 0 aromatic heterocycles. The topological polar surface area (TPSA) is 18.5 Å². The van der Waals surface area contributed by atoms with Gasteiger partial charge in [0.05, 0.1) is 25.7 Å². The largest absolute Gasteiger partial charge is 4.00 e. The molecule has 0 aliphatic carbocycles. The molecule has 0 N–H and O–H groups in total. The molecule has 4 aromatic carbocycles. The van der Waals surface area contributed by atoms with Crippen molar-refractivity contribution < 1.29 is 35.7 Å². The van der Waals surface area contributed by atoms with Crippen LogP contribution in [0.25, 0.3) is 21.5 Å². The van der Waals surface area contributed by atoms with Crippen molar-refractivity contribution in [2.45, 2.75) is 0 Å². The third kappa shape index (κ3) is 5.58. The number of ether oxygens (including phenoxy) is 2. The Morgan fingerprint density at radius 2 is 1.04 bits per heavy atom. The van der Waals surface area contributed by atoms with Gasteiger partial charge in [0.1, 0.15) is 0 Å². The Morgan fingerprint density at radius 3 is 1.40 bits per heavy atom. The van der Waals surface area contributed by atoms with Gasteiger partial charge < -0.3 is 24.3 Å². The molecule has 2 nitrogen and oxygen atoms in total. The fourth-order valence-electron chi connectivity index (χ4n) is 2.46. The van der Waals surface area contributed by atoms with Gasteiger partial charge in [-0.1, -0.05) is 24.3 Å². The van der Waals surface area contributed by atoms with Crippen LogP contribution < -0.4 is 9.47 Å². The maximum Gasteiger partial charge on any atom is 4.00 e. The fraction of sp³-hybridized carbons (Fsp3) is 0.0909. The van der Waals surface area contributed by atoms with Gasteiger partial charge in [0.15, 0.2) is 0 Å². The molecule has 0 radical (unpaired) electrons. The molecule has 0 saturated carbocycles. The second kappa shape index (κ2) is 10.9. The van der Waals surface area contributed by atoms with Gasteiger partial charge in [0.25, 0.3) is 0 Å². The van der Waals surface area contributed by atoms with Crippen LogP contribution >= 0.6 is 0 Å². The zero-order valence-electron chi connectivity index (χ0n) is 15.2. The Morgan fingerprint density at radius 1 is 0.640 bits per heavy atom. The summed E-state index contributed by atoms with van der Waals surface area (Å²) in [4.78, 5) is 0. The van der Waals surface area contributed by atoms with Gasteiger partial charge in [0, 0.05) is 0 Å². The van der Waals surface area contributed by atoms with E-state index in [1.54, 1.807) is 14.2 Å². The Bertz CT molecular complexity index is 800. The molecule has 0 fully saturated rings. The fourth-order valence-corrected chi connectivity index (χ4v) is 2.46. The van der Waals surface area contributed by atoms with Crippen LogP contribution in [-0.4, -0.2) is 14.2 Å². The molecule has 4 rings (SSSR count). The Kier molecular flexibility index (Phi) is 10.1. The summed E-state index contributed by atoms with van der Waals surface area (Å²) in [5, 5.41) is 5.02. The number of hydrogen-bond acceptors (Lipinski definition) is 2. The van der Waals surface area contributed by atoms with E-state index in [1.165, 1.54) is 21.5 Å². The standard InChI is InChI=1S/2C10H9O.2CH3.Zr/c2*1-11-10-6-5-8-3-2-4-9(8)7-10;;;/h2*2-7H,1H3;2*1H3;/q4*-1;+4. The minimum absolute atomic E-state index is 0. The minimum atomic E-state index is 0. The van der Waals surface area contributed by atoms with Crippen molar-refractivity contribution in [3.05, 3.63) is 87.6 Å². The van der Waals surface area contributed by atoms with Gasteiger partial charge in [-0.2, -0.15) is 24.3 Å². The Balaban J connectivity index is 0.000000411. The first-order valence-corrected chi connectivity index (χ1v) is 7.19. The number of fused-ring (bicyclic) bond motifs is 2. The summed E-state index contributed by atoms with van der Waals surface area (Å²) in [6, 6.07) is 24.6. The summed E-state index contributed by atoms with van der Waals surface area (Å²) >= 11 is 0. The van der Waals surface area contributed by atoms with Crippen molar-refractivity contribution in [2.24, 2.45) is 0 Å². The van der Waals surface area contributed by atoms with Gasteiger partial charge >= 0.3 is 26.2 Å². The maximum atomic E-state index is 5.09. The van der Waals surface area contributed by atoms with E-state index in [0.29, 0.717) is 0 Å². The second-order valence-electron chi connectivity index (χ2n) is 5.04. The normalized spacial score (nSPS) is 9.04. The second-order valence-corrected chi connectivity index (χ2v) is 5.04. The Hall–Kier alpha value is -1.86. The summed E-state index contributed by atoms with van der Waals surface area (Å²) in [7, 11) is 3.37. The van der Waals surface area contributed by atoms with Crippen LogP contribution in [0.2, 0.25) is 0 Å². The predicted octanol–water partition coefficient (Wildman–Crippen LogP) is 6.03. The molecule has 0 saturated heterocycles. The zero-order valence-corrected chi connectivity index (χ0v) is 17.7. The number of benzene rings is 2. The molecular formula is C22H24O2Zr. The van der Waals surface area contributed by atoms with Crippen LogP contribution in [0.5, 0.6) is 11.5 Å². The quantitative estimate of drug-likeness (QED) is 0.375. The minimum Gasteiger partial charge on any atom is -0.498 e. The van der Waals surface area contributed by atoms with E-state index in [-0.39, 0.29) is 41.1 Å². The van der Waals surface area contributed by atoms with Crippen molar-refractivity contribution in [3.63, 3.8) is 0 Å². The smallest absolute Gasteiger partial charge is 0.498 e. The average molecular weight is 412 g/mol. The number of rotatable bonds is 2. The van der Waals surface area contributed by atoms with Crippen molar-refractivity contribution in [1.82, 2.24) is 0 Å². The summed E-state index contributed by atoms with van der Waals surface area (Å²) < 4.78 is 10.2. The molecule has 0 aliphatic rings. The summed E-state index contributed by atoms with van der Waals surface area (Å²) in [6.07, 6.45) is 0. The third-order valence-corrected chi connectivity index (χ3v) is 3.69. The van der Waals surface area contributed by atoms with Crippen molar-refractivity contribution in [3.8, 4) is 11.5 Å². The summed E-state index contributed by atoms with van der Waals surface area (Å²) in [5.74, 6) is 1.84. The first kappa shape index (κ1) is 23.1. The van der Waals surface area contributed by atoms with Crippen LogP contribution in [0.4, 0.5) is 0 Å². The maximum absolute atomic E-state index is 5.09. The van der Waals surface area contributed by atoms with Crippen molar-refractivity contribution >= 4 is 21.5 Å². The molecule has 0 spiro atoms. The average Bonchev–Trinajstić information content (AvgIpc) is 3.22. The molecule has 0 unspecified atom stereocenters. The summed E-state index contributed by atoms with van der Waals surface area (Å²) in [5.41, 5.74) is 0. The molecular weight excluding hydrogens is 387 g/mol. The van der Waals surface area contributed by atoms with E-state index >= 15 is 0 Å². The van der Waals surface area contributed by atoms with E-state index in [9.17, 15) is 0 Å². The molecule has 0 heterocycles. The zero-order chi connectivity index (χ0) is 15.4. The van der Waals surface area contributed by atoms with Crippen LogP contribution in [0.15, 0.2) is 72.8 Å². The SMILES string of the molecule is COc1ccc2[cH-]ccc2c1.COc1ccc2[cH-]ccc2c1.[CH3-].[CH3-].[Zr+4]. The van der Waals surface area contributed by atoms with Crippen molar-refractivity contribution in [1.29, 1.82) is 0 Å². The molecule has 0 amide bonds. The van der Waals surface area contributed by atoms with Gasteiger partial charge in [-0.25, -0.2) is 0 Å². The van der Waals surface area contributed by atoms with Gasteiger partial charge in [0.2, 0.25) is 0 Å². The molecule has 3 heteroatoms. The van der Waals surface area contributed by atoms with Gasteiger partial charge in [-0.05, 0) is 0 Å². The van der Waals surface area contributed by atoms with Crippen LogP contribution in [-0.2, 0) is 26.2 Å². The number of methoxy groups -OCH3 is 2. The number of hydrogen-bond donors (Lipinski definition) is 0. The molecule has 128 valence electrons. The van der Waals surface area contributed by atoms with Gasteiger partial charge in [-0.3, -0.25) is 0 Å². The van der Waals surface area contributed by atoms with E-state index in [2.05, 4.69) is 36.4 Å². The molecule has 0 atom stereocenters. The molecule has 4 aromatic rings. The molecule has 25 heavy (non-hydrogen) atoms. The van der Waals surface area contributed by atoms with E-state index < -0.39 is 0 Å². The van der Waals surface area contributed by atoms with Crippen molar-refractivity contribution in [2.75, 3.05) is 14.2 Å². The van der Waals surface area contributed by atoms with Crippen LogP contribution in [0, 0.1) is 14.9 Å². The Labute approximate surface area is 170 Å². The van der Waals surface area contributed by atoms with E-state index in [4.69, 9.17) is 9.47 Å². The van der Waals surface area contributed by atoms with E-state index in [0.717, 1.165) is 11.5 Å². The monoisotopic (exact) mass is 410 g/mol. The van der Waals surface area contributed by atoms with Crippen LogP contribution in [0.1, 0.15) is 0 Å². The summed E-state index contributed by atoms with van der Waals surface area (Å²) in [6.45, 7) is 0. The third-order valence-electron chi connectivity index (χ3n) is 3.69. The van der Waals surface area contributed by atoms with E-state index in [1.807, 2.05) is 36.4 Å².